The van der Waals surface area contributed by atoms with Gasteiger partial charge in [-0.25, -0.2) is 0 Å². The van der Waals surface area contributed by atoms with Gasteiger partial charge >= 0.3 is 0 Å². The maximum atomic E-state index is 6.78. The first-order valence-corrected chi connectivity index (χ1v) is 17.8. The molecule has 0 amide bonds. The van der Waals surface area contributed by atoms with E-state index in [0.29, 0.717) is 0 Å². The lowest BCUT2D eigenvalue weighted by Gasteiger charge is -2.28. The third-order valence-corrected chi connectivity index (χ3v) is 10.3. The van der Waals surface area contributed by atoms with Crippen molar-refractivity contribution in [3.8, 4) is 33.4 Å². The van der Waals surface area contributed by atoms with Crippen LogP contribution in [0.2, 0.25) is 0 Å². The molecule has 0 aliphatic heterocycles. The number of furan rings is 1. The molecule has 0 atom stereocenters. The standard InChI is InChI=1S/C50H33NO/c1-3-13-34(14-4-1)36-25-27-39(28-26-36)42-22-12-24-48-49(42)45-33-47(43-20-9-10-21-44(43)50(45)52-48)51(46-23-11-18-38-17-7-8-19-41(38)46)40-31-29-37(30-32-40)35-15-5-2-6-16-35/h1-33H. The first kappa shape index (κ1) is 30.0. The topological polar surface area (TPSA) is 16.4 Å². The van der Waals surface area contributed by atoms with Crippen molar-refractivity contribution in [3.63, 3.8) is 0 Å². The lowest BCUT2D eigenvalue weighted by atomic mass is 9.95. The van der Waals surface area contributed by atoms with Crippen molar-refractivity contribution in [2.24, 2.45) is 0 Å². The number of rotatable bonds is 6. The Hall–Kier alpha value is -6.90. The second kappa shape index (κ2) is 12.5. The van der Waals surface area contributed by atoms with Crippen LogP contribution in [0.1, 0.15) is 0 Å². The first-order chi connectivity index (χ1) is 25.8. The molecule has 0 fully saturated rings. The van der Waals surface area contributed by atoms with Crippen LogP contribution < -0.4 is 4.90 Å². The number of benzene rings is 9. The van der Waals surface area contributed by atoms with Gasteiger partial charge in [0.15, 0.2) is 0 Å². The predicted molar refractivity (Wildman–Crippen MR) is 220 cm³/mol. The molecule has 0 aliphatic rings. The van der Waals surface area contributed by atoms with Crippen LogP contribution in [0.3, 0.4) is 0 Å². The van der Waals surface area contributed by atoms with Crippen molar-refractivity contribution in [1.29, 1.82) is 0 Å². The average molecular weight is 664 g/mol. The van der Waals surface area contributed by atoms with Gasteiger partial charge in [0, 0.05) is 32.6 Å². The first-order valence-electron chi connectivity index (χ1n) is 17.8. The van der Waals surface area contributed by atoms with Crippen LogP contribution in [-0.2, 0) is 0 Å². The molecule has 1 aromatic heterocycles. The Bertz CT molecular complexity index is 2870. The molecule has 1 heterocycles. The minimum atomic E-state index is 0.880. The van der Waals surface area contributed by atoms with E-state index in [9.17, 15) is 0 Å². The highest BCUT2D eigenvalue weighted by Crippen LogP contribution is 2.47. The summed E-state index contributed by atoms with van der Waals surface area (Å²) in [5, 5.41) is 6.82. The van der Waals surface area contributed by atoms with E-state index >= 15 is 0 Å². The SMILES string of the molecule is c1ccc(-c2ccc(-c3cccc4oc5c6ccccc6c(N(c6ccc(-c7ccccc7)cc6)c6cccc7ccccc67)cc5c34)cc2)cc1. The largest absolute Gasteiger partial charge is 0.455 e. The lowest BCUT2D eigenvalue weighted by molar-refractivity contribution is 0.673. The summed E-state index contributed by atoms with van der Waals surface area (Å²) in [6.07, 6.45) is 0. The van der Waals surface area contributed by atoms with Crippen LogP contribution >= 0.6 is 0 Å². The van der Waals surface area contributed by atoms with Gasteiger partial charge in [-0.15, -0.1) is 0 Å². The van der Waals surface area contributed by atoms with Crippen molar-refractivity contribution in [2.75, 3.05) is 4.90 Å². The van der Waals surface area contributed by atoms with Gasteiger partial charge < -0.3 is 9.32 Å². The molecule has 0 spiro atoms. The molecule has 9 aromatic carbocycles. The maximum Gasteiger partial charge on any atom is 0.143 e. The summed E-state index contributed by atoms with van der Waals surface area (Å²) < 4.78 is 6.78. The van der Waals surface area contributed by atoms with Crippen LogP contribution in [0.15, 0.2) is 205 Å². The minimum Gasteiger partial charge on any atom is -0.455 e. The monoisotopic (exact) mass is 663 g/mol. The Balaban J connectivity index is 1.22. The number of hydrogen-bond donors (Lipinski definition) is 0. The molecule has 0 bridgehead atoms. The molecule has 52 heavy (non-hydrogen) atoms. The molecule has 0 N–H and O–H groups in total. The van der Waals surface area contributed by atoms with Gasteiger partial charge in [-0.05, 0) is 69.1 Å². The summed E-state index contributed by atoms with van der Waals surface area (Å²) in [6, 6.07) is 71.6. The van der Waals surface area contributed by atoms with E-state index in [1.54, 1.807) is 0 Å². The Morgan fingerprint density at radius 1 is 0.346 bits per heavy atom. The van der Waals surface area contributed by atoms with Crippen LogP contribution in [0.25, 0.3) is 76.9 Å². The van der Waals surface area contributed by atoms with Crippen molar-refractivity contribution < 1.29 is 4.42 Å². The Morgan fingerprint density at radius 2 is 0.885 bits per heavy atom. The highest BCUT2D eigenvalue weighted by atomic mass is 16.3. The Kier molecular flexibility index (Phi) is 7.18. The van der Waals surface area contributed by atoms with Crippen molar-refractivity contribution in [2.45, 2.75) is 0 Å². The van der Waals surface area contributed by atoms with Gasteiger partial charge in [-0.1, -0.05) is 170 Å². The molecule has 0 saturated carbocycles. The van der Waals surface area contributed by atoms with Crippen LogP contribution in [0.4, 0.5) is 17.1 Å². The number of fused-ring (bicyclic) bond motifs is 6. The van der Waals surface area contributed by atoms with E-state index in [4.69, 9.17) is 4.42 Å². The molecule has 2 heteroatoms. The summed E-state index contributed by atoms with van der Waals surface area (Å²) >= 11 is 0. The summed E-state index contributed by atoms with van der Waals surface area (Å²) in [5.41, 5.74) is 12.2. The fourth-order valence-corrected chi connectivity index (χ4v) is 7.77. The molecule has 0 saturated heterocycles. The summed E-state index contributed by atoms with van der Waals surface area (Å²) in [7, 11) is 0. The zero-order valence-electron chi connectivity index (χ0n) is 28.4. The zero-order valence-corrected chi connectivity index (χ0v) is 28.4. The fraction of sp³-hybridized carbons (Fsp3) is 0. The number of anilines is 3. The molecule has 0 aliphatic carbocycles. The predicted octanol–water partition coefficient (Wildman–Crippen LogP) is 14.4. The van der Waals surface area contributed by atoms with Crippen LogP contribution in [-0.4, -0.2) is 0 Å². The fourth-order valence-electron chi connectivity index (χ4n) is 7.77. The van der Waals surface area contributed by atoms with Gasteiger partial charge in [0.1, 0.15) is 11.2 Å². The highest BCUT2D eigenvalue weighted by molar-refractivity contribution is 6.23. The Morgan fingerprint density at radius 3 is 1.60 bits per heavy atom. The van der Waals surface area contributed by atoms with Crippen LogP contribution in [0, 0.1) is 0 Å². The van der Waals surface area contributed by atoms with Crippen molar-refractivity contribution >= 4 is 60.5 Å². The molecule has 244 valence electrons. The third-order valence-electron chi connectivity index (χ3n) is 10.3. The molecule has 2 nitrogen and oxygen atoms in total. The summed E-state index contributed by atoms with van der Waals surface area (Å²) in [4.78, 5) is 2.43. The molecule has 10 rings (SSSR count). The van der Waals surface area contributed by atoms with E-state index in [-0.39, 0.29) is 0 Å². The van der Waals surface area contributed by atoms with E-state index < -0.39 is 0 Å². The zero-order chi connectivity index (χ0) is 34.4. The summed E-state index contributed by atoms with van der Waals surface area (Å²) in [5.74, 6) is 0. The van der Waals surface area contributed by atoms with Gasteiger partial charge in [0.2, 0.25) is 0 Å². The average Bonchev–Trinajstić information content (AvgIpc) is 3.61. The minimum absolute atomic E-state index is 0.880. The lowest BCUT2D eigenvalue weighted by Crippen LogP contribution is -2.11. The molecular weight excluding hydrogens is 631 g/mol. The van der Waals surface area contributed by atoms with E-state index in [2.05, 4.69) is 205 Å². The summed E-state index contributed by atoms with van der Waals surface area (Å²) in [6.45, 7) is 0. The van der Waals surface area contributed by atoms with Gasteiger partial charge in [-0.2, -0.15) is 0 Å². The molecule has 0 unspecified atom stereocenters. The highest BCUT2D eigenvalue weighted by Gasteiger charge is 2.23. The molecular formula is C50H33NO. The Labute approximate surface area is 302 Å². The van der Waals surface area contributed by atoms with E-state index in [1.807, 2.05) is 0 Å². The molecule has 10 aromatic rings. The third kappa shape index (κ3) is 5.04. The van der Waals surface area contributed by atoms with Crippen molar-refractivity contribution in [3.05, 3.63) is 200 Å². The van der Waals surface area contributed by atoms with Gasteiger partial charge in [0.25, 0.3) is 0 Å². The number of nitrogens with zero attached hydrogens (tertiary/aromatic N) is 1. The van der Waals surface area contributed by atoms with Gasteiger partial charge in [0.05, 0.1) is 11.4 Å². The van der Waals surface area contributed by atoms with Crippen LogP contribution in [0.5, 0.6) is 0 Å². The number of hydrogen-bond acceptors (Lipinski definition) is 2. The second-order valence-corrected chi connectivity index (χ2v) is 13.3. The van der Waals surface area contributed by atoms with E-state index in [1.165, 1.54) is 33.0 Å². The normalized spacial score (nSPS) is 11.5. The van der Waals surface area contributed by atoms with Gasteiger partial charge in [-0.3, -0.25) is 0 Å². The quantitative estimate of drug-likeness (QED) is 0.176. The van der Waals surface area contributed by atoms with Crippen molar-refractivity contribution in [1.82, 2.24) is 0 Å². The smallest absolute Gasteiger partial charge is 0.143 e. The second-order valence-electron chi connectivity index (χ2n) is 13.3. The maximum absolute atomic E-state index is 6.78. The molecule has 0 radical (unpaired) electrons. The van der Waals surface area contributed by atoms with E-state index in [0.717, 1.165) is 60.9 Å².